The molecule has 0 radical (unpaired) electrons. The molecule has 0 bridgehead atoms. The number of rotatable bonds is 4. The number of ether oxygens (including phenoxy) is 1. The molecule has 0 N–H and O–H groups in total. The number of carbonyl (C=O) groups is 1. The molecule has 0 atom stereocenters. The quantitative estimate of drug-likeness (QED) is 0.566. The summed E-state index contributed by atoms with van der Waals surface area (Å²) in [6, 6.07) is 2.90. The Morgan fingerprint density at radius 1 is 1.53 bits per heavy atom. The molecule has 1 aromatic heterocycles. The van der Waals surface area contributed by atoms with Crippen molar-refractivity contribution in [3.05, 3.63) is 21.9 Å². The van der Waals surface area contributed by atoms with Crippen LogP contribution in [0.4, 0.5) is 0 Å². The third kappa shape index (κ3) is 4.13. The Kier molecular flexibility index (Phi) is 4.04. The first-order chi connectivity index (χ1) is 6.92. The maximum Gasteiger partial charge on any atom is 0.348 e. The minimum Gasteiger partial charge on any atom is -0.810 e. The van der Waals surface area contributed by atoms with Gasteiger partial charge in [0.25, 0.3) is 0 Å². The predicted octanol–water partition coefficient (Wildman–Crippen LogP) is 0.338. The van der Waals surface area contributed by atoms with Crippen molar-refractivity contribution >= 4 is 24.9 Å². The van der Waals surface area contributed by atoms with E-state index in [4.69, 9.17) is 4.74 Å². The molecule has 1 aromatic rings. The maximum atomic E-state index is 11.2. The van der Waals surface area contributed by atoms with E-state index in [9.17, 15) is 19.1 Å². The lowest BCUT2D eigenvalue weighted by Gasteiger charge is -2.28. The molecule has 0 saturated heterocycles. The van der Waals surface area contributed by atoms with Crippen molar-refractivity contribution in [1.82, 2.24) is 0 Å². The Morgan fingerprint density at radius 3 is 2.73 bits per heavy atom. The second-order valence-corrected chi connectivity index (χ2v) is 5.46. The monoisotopic (exact) mass is 248 g/mol. The van der Waals surface area contributed by atoms with E-state index in [1.165, 1.54) is 12.1 Å². The summed E-state index contributed by atoms with van der Waals surface area (Å²) in [5.74, 6) is -0.500. The summed E-state index contributed by atoms with van der Waals surface area (Å²) in [5, 5.41) is 0. The molecule has 0 aliphatic carbocycles. The summed E-state index contributed by atoms with van der Waals surface area (Å²) in [6.07, 6.45) is -0.558. The second kappa shape index (κ2) is 4.90. The summed E-state index contributed by atoms with van der Waals surface area (Å²) in [5.41, 5.74) is 0. The van der Waals surface area contributed by atoms with Gasteiger partial charge >= 0.3 is 5.97 Å². The summed E-state index contributed by atoms with van der Waals surface area (Å²) < 4.78 is 15.2. The highest BCUT2D eigenvalue weighted by Crippen LogP contribution is 2.32. The molecule has 0 aliphatic heterocycles. The van der Waals surface area contributed by atoms with E-state index >= 15 is 0 Å². The molecule has 0 aromatic carbocycles. The molecule has 0 amide bonds. The van der Waals surface area contributed by atoms with Gasteiger partial charge in [-0.15, -0.1) is 11.3 Å². The third-order valence-corrected chi connectivity index (χ3v) is 3.49. The largest absolute Gasteiger partial charge is 0.810 e. The van der Waals surface area contributed by atoms with Gasteiger partial charge in [-0.3, -0.25) is 0 Å². The van der Waals surface area contributed by atoms with E-state index in [0.717, 1.165) is 11.3 Å². The minimum atomic E-state index is -4.56. The summed E-state index contributed by atoms with van der Waals surface area (Å²) in [4.78, 5) is 32.8. The molecule has 1 heterocycles. The molecule has 0 fully saturated rings. The van der Waals surface area contributed by atoms with Crippen molar-refractivity contribution in [3.8, 4) is 0 Å². The lowest BCUT2D eigenvalue weighted by atomic mass is 10.4. The van der Waals surface area contributed by atoms with E-state index in [1.54, 1.807) is 6.92 Å². The Hall–Kier alpha value is -0.680. The van der Waals surface area contributed by atoms with Gasteiger partial charge in [0.2, 0.25) is 0 Å². The Balaban J connectivity index is 2.72. The van der Waals surface area contributed by atoms with Crippen molar-refractivity contribution in [2.24, 2.45) is 0 Å². The lowest BCUT2D eigenvalue weighted by Crippen LogP contribution is -2.14. The summed E-state index contributed by atoms with van der Waals surface area (Å²) >= 11 is 0.961. The third-order valence-electron chi connectivity index (χ3n) is 1.49. The minimum absolute atomic E-state index is 0.258. The van der Waals surface area contributed by atoms with E-state index in [0.29, 0.717) is 9.75 Å². The average molecular weight is 248 g/mol. The Labute approximate surface area is 90.9 Å². The molecule has 0 aliphatic rings. The first-order valence-electron chi connectivity index (χ1n) is 4.19. The van der Waals surface area contributed by atoms with Crippen LogP contribution in [-0.4, -0.2) is 12.6 Å². The topological polar surface area (TPSA) is 89.5 Å². The highest BCUT2D eigenvalue weighted by atomic mass is 32.1. The van der Waals surface area contributed by atoms with Gasteiger partial charge in [0, 0.05) is 11.0 Å². The number of hydrogen-bond donors (Lipinski definition) is 0. The van der Waals surface area contributed by atoms with E-state index in [1.807, 2.05) is 0 Å². The first-order valence-corrected chi connectivity index (χ1v) is 6.73. The zero-order chi connectivity index (χ0) is 11.5. The van der Waals surface area contributed by atoms with Gasteiger partial charge < -0.3 is 19.1 Å². The Bertz CT molecular complexity index is 393. The van der Waals surface area contributed by atoms with E-state index < -0.39 is 19.7 Å². The van der Waals surface area contributed by atoms with Crippen molar-refractivity contribution in [2.45, 2.75) is 13.1 Å². The molecule has 7 heteroatoms. The van der Waals surface area contributed by atoms with Crippen LogP contribution < -0.4 is 9.79 Å². The van der Waals surface area contributed by atoms with Crippen LogP contribution in [0.2, 0.25) is 0 Å². The number of hydrogen-bond acceptors (Lipinski definition) is 6. The van der Waals surface area contributed by atoms with Gasteiger partial charge in [-0.25, -0.2) is 4.79 Å². The Morgan fingerprint density at radius 2 is 2.20 bits per heavy atom. The SMILES string of the molecule is CCOC(=O)c1ccc(CP(=O)([O-])[O-])s1. The van der Waals surface area contributed by atoms with Crippen LogP contribution in [-0.2, 0) is 15.5 Å². The molecule has 15 heavy (non-hydrogen) atoms. The fourth-order valence-electron chi connectivity index (χ4n) is 0.966. The van der Waals surface area contributed by atoms with Gasteiger partial charge in [-0.1, -0.05) is 7.60 Å². The maximum absolute atomic E-state index is 11.2. The van der Waals surface area contributed by atoms with Crippen LogP contribution in [0.25, 0.3) is 0 Å². The van der Waals surface area contributed by atoms with Gasteiger partial charge in [0.1, 0.15) is 4.88 Å². The fourth-order valence-corrected chi connectivity index (χ4v) is 2.88. The summed E-state index contributed by atoms with van der Waals surface area (Å²) in [7, 11) is -4.56. The van der Waals surface area contributed by atoms with Crippen molar-refractivity contribution in [1.29, 1.82) is 0 Å². The first kappa shape index (κ1) is 12.4. The average Bonchev–Trinajstić information content (AvgIpc) is 2.50. The normalized spacial score (nSPS) is 11.4. The molecule has 1 rings (SSSR count). The van der Waals surface area contributed by atoms with Gasteiger partial charge in [0.05, 0.1) is 6.61 Å². The zero-order valence-corrected chi connectivity index (χ0v) is 9.68. The molecule has 5 nitrogen and oxygen atoms in total. The molecule has 0 saturated carbocycles. The standard InChI is InChI=1S/C8H11O5PS/c1-2-13-8(9)7-4-3-6(15-7)5-14(10,11)12/h3-4H,2,5H2,1H3,(H2,10,11,12)/p-2. The van der Waals surface area contributed by atoms with Crippen LogP contribution >= 0.6 is 18.9 Å². The van der Waals surface area contributed by atoms with E-state index in [-0.39, 0.29) is 6.61 Å². The van der Waals surface area contributed by atoms with Crippen LogP contribution in [0.1, 0.15) is 21.5 Å². The summed E-state index contributed by atoms with van der Waals surface area (Å²) in [6.45, 7) is 1.93. The second-order valence-electron chi connectivity index (χ2n) is 2.76. The van der Waals surface area contributed by atoms with Gasteiger partial charge in [-0.05, 0) is 19.1 Å². The molecule has 0 spiro atoms. The van der Waals surface area contributed by atoms with Crippen molar-refractivity contribution < 1.29 is 23.9 Å². The number of thiophene rings is 1. The van der Waals surface area contributed by atoms with Crippen LogP contribution in [0.5, 0.6) is 0 Å². The zero-order valence-electron chi connectivity index (χ0n) is 7.97. The van der Waals surface area contributed by atoms with Gasteiger partial charge in [0.15, 0.2) is 0 Å². The fraction of sp³-hybridized carbons (Fsp3) is 0.375. The number of esters is 1. The van der Waals surface area contributed by atoms with E-state index in [2.05, 4.69) is 0 Å². The molecule has 0 unspecified atom stereocenters. The van der Waals surface area contributed by atoms with Crippen LogP contribution in [0, 0.1) is 0 Å². The molecular weight excluding hydrogens is 239 g/mol. The van der Waals surface area contributed by atoms with Gasteiger partial charge in [-0.2, -0.15) is 0 Å². The number of carbonyl (C=O) groups excluding carboxylic acids is 1. The van der Waals surface area contributed by atoms with Crippen molar-refractivity contribution in [2.75, 3.05) is 6.61 Å². The highest BCUT2D eigenvalue weighted by molar-refractivity contribution is 7.48. The van der Waals surface area contributed by atoms with Crippen molar-refractivity contribution in [3.63, 3.8) is 0 Å². The smallest absolute Gasteiger partial charge is 0.348 e. The van der Waals surface area contributed by atoms with Crippen LogP contribution in [0.3, 0.4) is 0 Å². The van der Waals surface area contributed by atoms with Crippen LogP contribution in [0.15, 0.2) is 12.1 Å². The predicted molar refractivity (Wildman–Crippen MR) is 51.6 cm³/mol. The highest BCUT2D eigenvalue weighted by Gasteiger charge is 2.10. The lowest BCUT2D eigenvalue weighted by molar-refractivity contribution is -0.314. The molecular formula is C8H9O5PS-2. The molecule has 84 valence electrons.